The van der Waals surface area contributed by atoms with E-state index in [1.54, 1.807) is 0 Å². The molecule has 0 aliphatic heterocycles. The summed E-state index contributed by atoms with van der Waals surface area (Å²) < 4.78 is 0. The quantitative estimate of drug-likeness (QED) is 0.482. The van der Waals surface area contributed by atoms with Gasteiger partial charge in [0.1, 0.15) is 0 Å². The third-order valence-electron chi connectivity index (χ3n) is 3.24. The topological polar surface area (TPSA) is 9.72 Å². The van der Waals surface area contributed by atoms with Gasteiger partial charge in [0.25, 0.3) is 0 Å². The van der Waals surface area contributed by atoms with E-state index in [0.717, 1.165) is 39.3 Å². The second-order valence-corrected chi connectivity index (χ2v) is 4.47. The fourth-order valence-corrected chi connectivity index (χ4v) is 0.671. The van der Waals surface area contributed by atoms with Crippen LogP contribution in [-0.2, 0) is 0 Å². The summed E-state index contributed by atoms with van der Waals surface area (Å²) in [6.45, 7) is 19.9. The van der Waals surface area contributed by atoms with Gasteiger partial charge in [0, 0.05) is 0 Å². The molecule has 0 rings (SSSR count). The molecule has 0 N–H and O–H groups in total. The molecule has 0 aliphatic rings. The Labute approximate surface area is 169 Å². The molecule has 0 saturated heterocycles. The van der Waals surface area contributed by atoms with Crippen molar-refractivity contribution >= 4 is 0 Å². The van der Waals surface area contributed by atoms with E-state index < -0.39 is 0 Å². The van der Waals surface area contributed by atoms with Gasteiger partial charge in [0.15, 0.2) is 0 Å². The fourth-order valence-electron chi connectivity index (χ4n) is 0.671. The molecule has 3 heteroatoms. The number of nitrogens with zero attached hydrogens (tertiary/aromatic N) is 3. The van der Waals surface area contributed by atoms with E-state index in [4.69, 9.17) is 0 Å². The summed E-state index contributed by atoms with van der Waals surface area (Å²) in [6.07, 6.45) is 0. The van der Waals surface area contributed by atoms with Gasteiger partial charge in [-0.25, -0.2) is 0 Å². The van der Waals surface area contributed by atoms with Crippen molar-refractivity contribution in [3.63, 3.8) is 0 Å². The van der Waals surface area contributed by atoms with Gasteiger partial charge < -0.3 is 14.7 Å². The maximum Gasteiger partial charge on any atom is -0.00504 e. The van der Waals surface area contributed by atoms with Gasteiger partial charge >= 0.3 is 0 Å². The fraction of sp³-hybridized carbons (Fsp3) is 1.00. The third kappa shape index (κ3) is 81.0. The van der Waals surface area contributed by atoms with Crippen LogP contribution in [0.2, 0.25) is 0 Å². The van der Waals surface area contributed by atoms with Gasteiger partial charge in [-0.15, -0.1) is 0 Å². The Morgan fingerprint density at radius 3 is 0.400 bits per heavy atom. The highest BCUT2D eigenvalue weighted by Gasteiger charge is 1.82. The van der Waals surface area contributed by atoms with Gasteiger partial charge in [0.2, 0.25) is 0 Å². The molecule has 0 aliphatic carbocycles. The molecule has 0 aromatic carbocycles. The molecule has 0 amide bonds. The summed E-state index contributed by atoms with van der Waals surface area (Å²) in [5, 5.41) is 0. The zero-order valence-electron chi connectivity index (χ0n) is 14.6. The van der Waals surface area contributed by atoms with Crippen LogP contribution in [0, 0.1) is 0 Å². The van der Waals surface area contributed by atoms with E-state index in [9.17, 15) is 0 Å². The molecule has 0 saturated carbocycles. The zero-order valence-corrected chi connectivity index (χ0v) is 14.6. The highest BCUT2D eigenvalue weighted by molar-refractivity contribution is 4.37. The lowest BCUT2D eigenvalue weighted by molar-refractivity contribution is 0.373. The van der Waals surface area contributed by atoms with Gasteiger partial charge in [-0.2, -0.15) is 0 Å². The molecule has 0 bridgehead atoms. The van der Waals surface area contributed by atoms with Crippen molar-refractivity contribution in [2.45, 2.75) is 93.5 Å². The van der Waals surface area contributed by atoms with Crippen LogP contribution in [0.25, 0.3) is 0 Å². The molecule has 0 fully saturated rings. The maximum absolute atomic E-state index is 2.25. The average Bonchev–Trinajstić information content (AvgIpc) is 2.45. The summed E-state index contributed by atoms with van der Waals surface area (Å²) in [5.74, 6) is 0. The lowest BCUT2D eigenvalue weighted by Crippen LogP contribution is -2.15. The minimum Gasteiger partial charge on any atom is -0.307 e. The molecule has 0 radical (unpaired) electrons. The van der Waals surface area contributed by atoms with Crippen LogP contribution < -0.4 is 0 Å². The minimum atomic E-state index is 0. The molecule has 3 nitrogen and oxygen atoms in total. The minimum absolute atomic E-state index is 0. The van der Waals surface area contributed by atoms with Crippen molar-refractivity contribution in [3.8, 4) is 0 Å². The predicted octanol–water partition coefficient (Wildman–Crippen LogP) is 7.33. The first-order valence-corrected chi connectivity index (χ1v) is 7.48. The largest absolute Gasteiger partial charge is 0.307 e. The summed E-state index contributed by atoms with van der Waals surface area (Å²) >= 11 is 0. The summed E-state index contributed by atoms with van der Waals surface area (Å²) in [6, 6.07) is 0. The first-order chi connectivity index (χ1) is 8.42. The molecule has 170 valence electrons. The van der Waals surface area contributed by atoms with Crippen LogP contribution in [0.5, 0.6) is 0 Å². The molecular formula is C22H67N3. The Morgan fingerprint density at radius 2 is 0.400 bits per heavy atom. The first-order valence-electron chi connectivity index (χ1n) is 7.48. The highest BCUT2D eigenvalue weighted by atomic mass is 15.1. The monoisotopic (exact) mass is 374 g/mol. The van der Waals surface area contributed by atoms with Crippen molar-refractivity contribution in [1.82, 2.24) is 14.7 Å². The van der Waals surface area contributed by atoms with Crippen LogP contribution in [0.15, 0.2) is 0 Å². The summed E-state index contributed by atoms with van der Waals surface area (Å²) in [5.41, 5.74) is 0. The molecule has 0 aromatic heterocycles. The Kier molecular flexibility index (Phi) is 145. The normalized spacial score (nSPS) is 7.20. The van der Waals surface area contributed by atoms with Gasteiger partial charge in [-0.3, -0.25) is 0 Å². The van der Waals surface area contributed by atoms with Crippen molar-refractivity contribution in [1.29, 1.82) is 0 Å². The Balaban J connectivity index is -0.0000000148. The molecular weight excluding hydrogens is 306 g/mol. The highest BCUT2D eigenvalue weighted by Crippen LogP contribution is 1.74. The Bertz CT molecular complexity index is 94.7. The average molecular weight is 374 g/mol. The van der Waals surface area contributed by atoms with E-state index in [1.165, 1.54) is 0 Å². The van der Waals surface area contributed by atoms with Gasteiger partial charge in [-0.1, -0.05) is 93.5 Å². The number of hydrogen-bond acceptors (Lipinski definition) is 3. The van der Waals surface area contributed by atoms with Crippen LogP contribution >= 0.6 is 0 Å². The van der Waals surface area contributed by atoms with E-state index in [1.807, 2.05) is 0 Å². The maximum atomic E-state index is 2.25. The lowest BCUT2D eigenvalue weighted by atomic mass is 10.6. The van der Waals surface area contributed by atoms with Crippen molar-refractivity contribution < 1.29 is 0 Å². The summed E-state index contributed by atoms with van der Waals surface area (Å²) in [7, 11) is 6.33. The van der Waals surface area contributed by atoms with Crippen LogP contribution in [-0.4, -0.2) is 75.1 Å². The molecule has 0 unspecified atom stereocenters. The van der Waals surface area contributed by atoms with E-state index >= 15 is 0 Å². The van der Waals surface area contributed by atoms with Crippen molar-refractivity contribution in [2.24, 2.45) is 0 Å². The SMILES string of the molecule is C.C.C.C.C.C.C.CCN(C)CC.CCN(C)CC.CCN(C)CC. The second kappa shape index (κ2) is 56.5. The zero-order chi connectivity index (χ0) is 15.0. The number of rotatable bonds is 6. The first kappa shape index (κ1) is 64.1. The lowest BCUT2D eigenvalue weighted by Gasteiger charge is -2.07. The van der Waals surface area contributed by atoms with Crippen molar-refractivity contribution in [3.05, 3.63) is 0 Å². The summed E-state index contributed by atoms with van der Waals surface area (Å²) in [4.78, 5) is 6.75. The second-order valence-electron chi connectivity index (χ2n) is 4.47. The third-order valence-corrected chi connectivity index (χ3v) is 3.24. The van der Waals surface area contributed by atoms with Gasteiger partial charge in [0.05, 0.1) is 0 Å². The molecule has 0 aromatic rings. The van der Waals surface area contributed by atoms with Crippen molar-refractivity contribution in [2.75, 3.05) is 60.4 Å². The van der Waals surface area contributed by atoms with Crippen LogP contribution in [0.1, 0.15) is 93.5 Å². The Hall–Kier alpha value is -0.120. The smallest absolute Gasteiger partial charge is 0.00504 e. The van der Waals surface area contributed by atoms with E-state index in [-0.39, 0.29) is 52.0 Å². The van der Waals surface area contributed by atoms with Crippen LogP contribution in [0.4, 0.5) is 0 Å². The van der Waals surface area contributed by atoms with E-state index in [2.05, 4.69) is 77.4 Å². The predicted molar refractivity (Wildman–Crippen MR) is 134 cm³/mol. The van der Waals surface area contributed by atoms with Crippen LogP contribution in [0.3, 0.4) is 0 Å². The molecule has 25 heavy (non-hydrogen) atoms. The molecule has 0 atom stereocenters. The van der Waals surface area contributed by atoms with Gasteiger partial charge in [-0.05, 0) is 60.4 Å². The molecule has 0 spiro atoms. The van der Waals surface area contributed by atoms with E-state index in [0.29, 0.717) is 0 Å². The molecule has 0 heterocycles. The standard InChI is InChI=1S/3C5H13N.7CH4/c3*1-4-6(3)5-2;;;;;;;/h3*4-5H2,1-3H3;7*1H4. The Morgan fingerprint density at radius 1 is 0.320 bits per heavy atom. The number of hydrogen-bond donors (Lipinski definition) is 0.